The third-order valence-electron chi connectivity index (χ3n) is 9.41. The topological polar surface area (TPSA) is 174 Å². The quantitative estimate of drug-likeness (QED) is 0.195. The lowest BCUT2D eigenvalue weighted by molar-refractivity contribution is -0.130. The summed E-state index contributed by atoms with van der Waals surface area (Å²) in [6.07, 6.45) is 4.37. The van der Waals surface area contributed by atoms with Crippen LogP contribution in [0.4, 0.5) is 0 Å². The first-order valence-electron chi connectivity index (χ1n) is 18.7. The van der Waals surface area contributed by atoms with Crippen LogP contribution in [-0.4, -0.2) is 72.5 Å². The summed E-state index contributed by atoms with van der Waals surface area (Å²) in [5.41, 5.74) is 2.31. The molecular weight excluding hydrogens is 699 g/mol. The first-order valence-corrected chi connectivity index (χ1v) is 18.7. The van der Waals surface area contributed by atoms with Gasteiger partial charge in [-0.05, 0) is 60.6 Å². The number of fused-ring (bicyclic) bond motifs is 15. The molecule has 4 N–H and O–H groups in total. The van der Waals surface area contributed by atoms with Gasteiger partial charge in [-0.15, -0.1) is 0 Å². The molecule has 0 fully saturated rings. The number of hydrogen-bond donors (Lipinski definition) is 4. The number of rotatable bonds is 7. The Morgan fingerprint density at radius 3 is 2.36 bits per heavy atom. The molecule has 0 unspecified atom stereocenters. The summed E-state index contributed by atoms with van der Waals surface area (Å²) in [6, 6.07) is 19.0. The number of aromatic nitrogens is 5. The molecule has 0 saturated carbocycles. The van der Waals surface area contributed by atoms with Crippen molar-refractivity contribution in [2.75, 3.05) is 6.61 Å². The van der Waals surface area contributed by atoms with Gasteiger partial charge in [0.15, 0.2) is 5.82 Å². The molecule has 3 aromatic heterocycles. The van der Waals surface area contributed by atoms with Crippen LogP contribution >= 0.6 is 0 Å². The largest absolute Gasteiger partial charge is 0.491 e. The van der Waals surface area contributed by atoms with Crippen molar-refractivity contribution < 1.29 is 23.9 Å². The second kappa shape index (κ2) is 17.4. The summed E-state index contributed by atoms with van der Waals surface area (Å²) < 4.78 is 9.40. The lowest BCUT2D eigenvalue weighted by Crippen LogP contribution is -2.55. The highest BCUT2D eigenvalue weighted by Crippen LogP contribution is 2.22. The average molecular weight is 748 g/mol. The minimum absolute atomic E-state index is 0.115. The Hall–Kier alpha value is -6.05. The highest BCUT2D eigenvalue weighted by Gasteiger charge is 2.32. The van der Waals surface area contributed by atoms with Gasteiger partial charge >= 0.3 is 0 Å². The molecule has 2 bridgehead atoms. The lowest BCUT2D eigenvalue weighted by atomic mass is 10.00. The SMILES string of the molecule is Cc1nc2n(n1)CC(=O)N[C@@H](CC(C)C)COc1ccc(cc1)C[C@@H](NC(=O)c1cn3ccccc3n1)C(=O)N[C@@H](Cc1ccccc1)C(=O)N[C@H]2C(C)C. The van der Waals surface area contributed by atoms with E-state index in [1.54, 1.807) is 41.9 Å². The molecule has 288 valence electrons. The van der Waals surface area contributed by atoms with E-state index in [-0.39, 0.29) is 55.5 Å². The molecule has 0 radical (unpaired) electrons. The first kappa shape index (κ1) is 38.7. The molecule has 0 spiro atoms. The van der Waals surface area contributed by atoms with Crippen LogP contribution in [0, 0.1) is 18.8 Å². The van der Waals surface area contributed by atoms with Crippen molar-refractivity contribution in [2.24, 2.45) is 11.8 Å². The number of pyridine rings is 1. The maximum absolute atomic E-state index is 14.4. The van der Waals surface area contributed by atoms with E-state index < -0.39 is 35.8 Å². The zero-order chi connectivity index (χ0) is 39.1. The molecule has 2 aliphatic rings. The second-order valence-electron chi connectivity index (χ2n) is 14.8. The highest BCUT2D eigenvalue weighted by atomic mass is 16.5. The van der Waals surface area contributed by atoms with Gasteiger partial charge in [-0.25, -0.2) is 14.6 Å². The van der Waals surface area contributed by atoms with Crippen LogP contribution in [0.1, 0.15) is 73.4 Å². The van der Waals surface area contributed by atoms with Crippen LogP contribution in [0.5, 0.6) is 5.75 Å². The van der Waals surface area contributed by atoms with Gasteiger partial charge < -0.3 is 30.4 Å². The molecule has 2 aliphatic heterocycles. The van der Waals surface area contributed by atoms with Crippen molar-refractivity contribution in [2.45, 2.75) is 84.6 Å². The van der Waals surface area contributed by atoms with E-state index in [2.05, 4.69) is 50.2 Å². The summed E-state index contributed by atoms with van der Waals surface area (Å²) in [4.78, 5) is 64.9. The van der Waals surface area contributed by atoms with E-state index in [0.29, 0.717) is 29.5 Å². The van der Waals surface area contributed by atoms with Crippen LogP contribution in [0.2, 0.25) is 0 Å². The predicted molar refractivity (Wildman–Crippen MR) is 206 cm³/mol. The number of carbonyl (C=O) groups excluding carboxylic acids is 4. The van der Waals surface area contributed by atoms with E-state index >= 15 is 0 Å². The average Bonchev–Trinajstić information content (AvgIpc) is 3.75. The van der Waals surface area contributed by atoms with Crippen LogP contribution in [-0.2, 0) is 33.8 Å². The van der Waals surface area contributed by atoms with Crippen molar-refractivity contribution in [3.05, 3.63) is 114 Å². The standard InChI is InChI=1S/C41H49N9O5/c1-25(2)19-30-24-55-31-16-14-29(15-17-31)21-32(46-41(54)34-22-49-18-10-9-13-35(49)44-34)39(52)45-33(20-28-11-7-6-8-12-28)40(53)47-37(26(3)4)38-42-27(5)48-50(38)23-36(51)43-30/h6-18,22,25-26,30,32-33,37H,19-21,23-24H2,1-5H3,(H,43,51)(H,45,52)(H,46,54)(H,47,53)/t30-,32+,33-,37-/m0/s1. The van der Waals surface area contributed by atoms with Crippen LogP contribution in [0.25, 0.3) is 5.65 Å². The van der Waals surface area contributed by atoms with E-state index in [1.807, 2.05) is 68.4 Å². The zero-order valence-corrected chi connectivity index (χ0v) is 31.9. The van der Waals surface area contributed by atoms with Crippen molar-refractivity contribution in [3.63, 3.8) is 0 Å². The maximum Gasteiger partial charge on any atom is 0.272 e. The van der Waals surface area contributed by atoms with Gasteiger partial charge in [0.25, 0.3) is 5.91 Å². The molecule has 55 heavy (non-hydrogen) atoms. The molecule has 14 heteroatoms. The summed E-state index contributed by atoms with van der Waals surface area (Å²) in [5, 5.41) is 16.6. The Morgan fingerprint density at radius 1 is 0.909 bits per heavy atom. The summed E-state index contributed by atoms with van der Waals surface area (Å²) in [5.74, 6) is -0.211. The smallest absolute Gasteiger partial charge is 0.272 e. The van der Waals surface area contributed by atoms with Gasteiger partial charge in [-0.3, -0.25) is 19.2 Å². The molecular formula is C41H49N9O5. The predicted octanol–water partition coefficient (Wildman–Crippen LogP) is 3.74. The molecule has 4 amide bonds. The van der Waals surface area contributed by atoms with Crippen molar-refractivity contribution in [3.8, 4) is 5.75 Å². The lowest BCUT2D eigenvalue weighted by Gasteiger charge is -2.27. The van der Waals surface area contributed by atoms with Gasteiger partial charge in [0.05, 0.1) is 12.1 Å². The fourth-order valence-electron chi connectivity index (χ4n) is 6.72. The Bertz CT molecular complexity index is 2080. The third kappa shape index (κ3) is 10.1. The normalized spacial score (nSPS) is 20.0. The van der Waals surface area contributed by atoms with Gasteiger partial charge in [0, 0.05) is 25.2 Å². The fraction of sp³-hybridized carbons (Fsp3) is 0.390. The molecule has 0 aliphatic carbocycles. The number of benzene rings is 2. The van der Waals surface area contributed by atoms with Gasteiger partial charge in [-0.1, -0.05) is 76.2 Å². The number of amides is 4. The summed E-state index contributed by atoms with van der Waals surface area (Å²) in [6.45, 7) is 9.90. The van der Waals surface area contributed by atoms with Crippen molar-refractivity contribution in [1.29, 1.82) is 0 Å². The molecule has 7 rings (SSSR count). The zero-order valence-electron chi connectivity index (χ0n) is 31.9. The summed E-state index contributed by atoms with van der Waals surface area (Å²) >= 11 is 0. The van der Waals surface area contributed by atoms with E-state index in [1.165, 1.54) is 4.68 Å². The van der Waals surface area contributed by atoms with Crippen LogP contribution < -0.4 is 26.0 Å². The van der Waals surface area contributed by atoms with E-state index in [4.69, 9.17) is 4.74 Å². The second-order valence-corrected chi connectivity index (χ2v) is 14.8. The Morgan fingerprint density at radius 2 is 1.65 bits per heavy atom. The Kier molecular flexibility index (Phi) is 12.2. The fourth-order valence-corrected chi connectivity index (χ4v) is 6.72. The molecule has 0 saturated heterocycles. The van der Waals surface area contributed by atoms with Gasteiger partial charge in [0.1, 0.15) is 48.2 Å². The van der Waals surface area contributed by atoms with Crippen LogP contribution in [0.3, 0.4) is 0 Å². The number of hydrogen-bond acceptors (Lipinski definition) is 8. The monoisotopic (exact) mass is 747 g/mol. The first-order chi connectivity index (χ1) is 26.4. The molecule has 14 nitrogen and oxygen atoms in total. The Labute approximate surface area is 320 Å². The summed E-state index contributed by atoms with van der Waals surface area (Å²) in [7, 11) is 0. The maximum atomic E-state index is 14.4. The van der Waals surface area contributed by atoms with Crippen LogP contribution in [0.15, 0.2) is 85.2 Å². The number of nitrogens with one attached hydrogen (secondary N) is 4. The highest BCUT2D eigenvalue weighted by molar-refractivity contribution is 5.97. The molecule has 5 heterocycles. The molecule has 2 aromatic carbocycles. The minimum atomic E-state index is -1.07. The number of carbonyl (C=O) groups is 4. The Balaban J connectivity index is 1.37. The van der Waals surface area contributed by atoms with E-state index in [9.17, 15) is 19.2 Å². The number of imidazole rings is 1. The number of ether oxygens (including phenoxy) is 1. The van der Waals surface area contributed by atoms with Crippen molar-refractivity contribution in [1.82, 2.24) is 45.4 Å². The van der Waals surface area contributed by atoms with E-state index in [0.717, 1.165) is 11.1 Å². The number of nitrogens with zero attached hydrogens (tertiary/aromatic N) is 5. The third-order valence-corrected chi connectivity index (χ3v) is 9.41. The minimum Gasteiger partial charge on any atom is -0.491 e. The molecule has 4 atom stereocenters. The van der Waals surface area contributed by atoms with Crippen molar-refractivity contribution >= 4 is 29.3 Å². The van der Waals surface area contributed by atoms with Gasteiger partial charge in [-0.2, -0.15) is 5.10 Å². The number of aryl methyl sites for hydroxylation is 1. The molecule has 5 aromatic rings. The van der Waals surface area contributed by atoms with Gasteiger partial charge in [0.2, 0.25) is 17.7 Å².